The maximum Gasteiger partial charge on any atom is 0.104 e. The van der Waals surface area contributed by atoms with Crippen LogP contribution in [0.3, 0.4) is 0 Å². The summed E-state index contributed by atoms with van der Waals surface area (Å²) in [6, 6.07) is 21.1. The molecule has 0 heterocycles. The molecule has 0 saturated heterocycles. The number of quaternary nitrogens is 2. The molecule has 0 aliphatic carbocycles. The lowest BCUT2D eigenvalue weighted by Gasteiger charge is -2.23. The average molecular weight is 360 g/mol. The monoisotopic (exact) mass is 360 g/mol. The molecule has 0 atom stereocenters. The first kappa shape index (κ1) is 24.3. The summed E-state index contributed by atoms with van der Waals surface area (Å²) in [5.74, 6) is 0. The molecule has 144 valence electrons. The van der Waals surface area contributed by atoms with Crippen LogP contribution in [0.1, 0.15) is 11.1 Å². The van der Waals surface area contributed by atoms with E-state index in [9.17, 15) is 0 Å². The third kappa shape index (κ3) is 17.1. The summed E-state index contributed by atoms with van der Waals surface area (Å²) in [7, 11) is 10.5. The molecule has 0 aliphatic rings. The standard InChI is InChI=1S/2C10H16N.BHO3/c2*1-11(2,3)9-10-7-5-4-6-8-10;2-1(3)4/h2*4-8H,9H2,1-3H3;2H/q2*+1;-2. The first-order valence-electron chi connectivity index (χ1n) is 8.57. The predicted molar refractivity (Wildman–Crippen MR) is 104 cm³/mol. The summed E-state index contributed by atoms with van der Waals surface area (Å²) >= 11 is 0. The van der Waals surface area contributed by atoms with Crippen LogP contribution in [-0.2, 0) is 13.1 Å². The Kier molecular flexibility index (Phi) is 11.1. The number of hydrogen-bond donors (Lipinski definition) is 1. The minimum absolute atomic E-state index is 0.990. The molecule has 0 radical (unpaired) electrons. The van der Waals surface area contributed by atoms with Crippen LogP contribution in [0.25, 0.3) is 0 Å². The van der Waals surface area contributed by atoms with Gasteiger partial charge in [-0.25, -0.2) is 0 Å². The summed E-state index contributed by atoms with van der Waals surface area (Å²) in [6.45, 7) is 2.20. The van der Waals surface area contributed by atoms with E-state index in [1.807, 2.05) is 0 Å². The Morgan fingerprint density at radius 3 is 1.08 bits per heavy atom. The maximum atomic E-state index is 8.53. The van der Waals surface area contributed by atoms with Crippen LogP contribution >= 0.6 is 0 Å². The van der Waals surface area contributed by atoms with E-state index >= 15 is 0 Å². The van der Waals surface area contributed by atoms with Gasteiger partial charge in [0.25, 0.3) is 0 Å². The minimum Gasteiger partial charge on any atom is -0.871 e. The van der Waals surface area contributed by atoms with Gasteiger partial charge in [0.05, 0.1) is 49.6 Å². The zero-order valence-electron chi connectivity index (χ0n) is 16.9. The van der Waals surface area contributed by atoms with Gasteiger partial charge in [-0.05, 0) is 0 Å². The van der Waals surface area contributed by atoms with Crippen molar-refractivity contribution in [2.75, 3.05) is 42.3 Å². The van der Waals surface area contributed by atoms with Crippen molar-refractivity contribution in [3.63, 3.8) is 0 Å². The molecule has 0 fully saturated rings. The number of hydrogen-bond acceptors (Lipinski definition) is 3. The van der Waals surface area contributed by atoms with Crippen molar-refractivity contribution in [3.05, 3.63) is 71.8 Å². The second-order valence-corrected chi connectivity index (χ2v) is 8.18. The first-order valence-corrected chi connectivity index (χ1v) is 8.57. The van der Waals surface area contributed by atoms with Crippen molar-refractivity contribution >= 4 is 7.32 Å². The Labute approximate surface area is 159 Å². The van der Waals surface area contributed by atoms with Crippen LogP contribution < -0.4 is 10.0 Å². The van der Waals surface area contributed by atoms with E-state index in [-0.39, 0.29) is 0 Å². The number of nitrogens with zero attached hydrogens (tertiary/aromatic N) is 2. The number of rotatable bonds is 4. The van der Waals surface area contributed by atoms with Gasteiger partial charge in [0.1, 0.15) is 13.1 Å². The van der Waals surface area contributed by atoms with Gasteiger partial charge in [-0.3, -0.25) is 0 Å². The SMILES string of the molecule is C[N+](C)(C)Cc1ccccc1.C[N+](C)(C)Cc1ccccc1.[O-]B([O-])O. The van der Waals surface area contributed by atoms with Crippen molar-refractivity contribution in [1.82, 2.24) is 0 Å². The van der Waals surface area contributed by atoms with Crippen LogP contribution in [0.2, 0.25) is 0 Å². The fourth-order valence-electron chi connectivity index (χ4n) is 2.26. The van der Waals surface area contributed by atoms with E-state index in [4.69, 9.17) is 15.1 Å². The Morgan fingerprint density at radius 2 is 0.885 bits per heavy atom. The predicted octanol–water partition coefficient (Wildman–Crippen LogP) is 0.470. The van der Waals surface area contributed by atoms with Gasteiger partial charge in [0.2, 0.25) is 0 Å². The largest absolute Gasteiger partial charge is 0.871 e. The molecule has 0 amide bonds. The van der Waals surface area contributed by atoms with Crippen LogP contribution in [-0.4, -0.2) is 63.6 Å². The highest BCUT2D eigenvalue weighted by Gasteiger charge is 2.07. The fourth-order valence-corrected chi connectivity index (χ4v) is 2.26. The Bertz CT molecular complexity index is 525. The van der Waals surface area contributed by atoms with Gasteiger partial charge in [0, 0.05) is 11.1 Å². The molecule has 5 nitrogen and oxygen atoms in total. The second kappa shape index (κ2) is 11.8. The second-order valence-electron chi connectivity index (χ2n) is 8.18. The highest BCUT2D eigenvalue weighted by molar-refractivity contribution is 6.26. The molecule has 2 aromatic rings. The highest BCUT2D eigenvalue weighted by Crippen LogP contribution is 2.05. The zero-order chi connectivity index (χ0) is 20.2. The minimum atomic E-state index is -2.67. The molecular weight excluding hydrogens is 327 g/mol. The molecule has 0 aliphatic heterocycles. The van der Waals surface area contributed by atoms with E-state index in [2.05, 4.69) is 103 Å². The summed E-state index contributed by atoms with van der Waals surface area (Å²) < 4.78 is 1.98. The van der Waals surface area contributed by atoms with Crippen LogP contribution in [0.4, 0.5) is 0 Å². The van der Waals surface area contributed by atoms with Gasteiger partial charge in [-0.1, -0.05) is 60.7 Å². The third-order valence-corrected chi connectivity index (χ3v) is 3.00. The third-order valence-electron chi connectivity index (χ3n) is 3.00. The Morgan fingerprint density at radius 1 is 0.654 bits per heavy atom. The first-order chi connectivity index (χ1) is 11.9. The summed E-state index contributed by atoms with van der Waals surface area (Å²) in [5.41, 5.74) is 2.81. The molecule has 26 heavy (non-hydrogen) atoms. The van der Waals surface area contributed by atoms with Crippen molar-refractivity contribution < 1.29 is 24.0 Å². The molecule has 0 saturated carbocycles. The van der Waals surface area contributed by atoms with E-state index in [0.717, 1.165) is 22.1 Å². The molecule has 6 heteroatoms. The lowest BCUT2D eigenvalue weighted by molar-refractivity contribution is -0.884. The average Bonchev–Trinajstić information content (AvgIpc) is 2.46. The summed E-state index contributed by atoms with van der Waals surface area (Å²) in [6.07, 6.45) is 0. The summed E-state index contributed by atoms with van der Waals surface area (Å²) in [5, 5.41) is 24.0. The van der Waals surface area contributed by atoms with E-state index < -0.39 is 7.32 Å². The van der Waals surface area contributed by atoms with Gasteiger partial charge >= 0.3 is 0 Å². The van der Waals surface area contributed by atoms with E-state index in [1.54, 1.807) is 0 Å². The fraction of sp³-hybridized carbons (Fsp3) is 0.400. The quantitative estimate of drug-likeness (QED) is 0.637. The van der Waals surface area contributed by atoms with Gasteiger partial charge < -0.3 is 24.0 Å². The molecule has 1 N–H and O–H groups in total. The van der Waals surface area contributed by atoms with Gasteiger partial charge in [-0.15, -0.1) is 0 Å². The van der Waals surface area contributed by atoms with Crippen molar-refractivity contribution in [2.24, 2.45) is 0 Å². The van der Waals surface area contributed by atoms with Gasteiger partial charge in [-0.2, -0.15) is 0 Å². The molecular formula is C20H33BN2O3. The maximum absolute atomic E-state index is 8.53. The lowest BCUT2D eigenvalue weighted by atomic mass is 10.2. The molecule has 2 rings (SSSR count). The van der Waals surface area contributed by atoms with Crippen LogP contribution in [0, 0.1) is 0 Å². The molecule has 0 aromatic heterocycles. The smallest absolute Gasteiger partial charge is 0.104 e. The molecule has 0 unspecified atom stereocenters. The molecule has 2 aromatic carbocycles. The van der Waals surface area contributed by atoms with Crippen molar-refractivity contribution in [2.45, 2.75) is 13.1 Å². The molecule has 0 bridgehead atoms. The molecule has 0 spiro atoms. The Balaban J connectivity index is 0.000000401. The summed E-state index contributed by atoms with van der Waals surface area (Å²) in [4.78, 5) is 0. The van der Waals surface area contributed by atoms with Crippen molar-refractivity contribution in [1.29, 1.82) is 0 Å². The van der Waals surface area contributed by atoms with Crippen LogP contribution in [0.5, 0.6) is 0 Å². The Hall–Kier alpha value is -1.70. The lowest BCUT2D eigenvalue weighted by Crippen LogP contribution is -2.44. The zero-order valence-corrected chi connectivity index (χ0v) is 16.9. The van der Waals surface area contributed by atoms with Gasteiger partial charge in [0.15, 0.2) is 0 Å². The highest BCUT2D eigenvalue weighted by atomic mass is 16.5. The number of benzene rings is 2. The van der Waals surface area contributed by atoms with E-state index in [0.29, 0.717) is 0 Å². The normalized spacial score (nSPS) is 10.8. The van der Waals surface area contributed by atoms with E-state index in [1.165, 1.54) is 11.1 Å². The topological polar surface area (TPSA) is 66.3 Å². The van der Waals surface area contributed by atoms with Crippen LogP contribution in [0.15, 0.2) is 60.7 Å². The van der Waals surface area contributed by atoms with Crippen molar-refractivity contribution in [3.8, 4) is 0 Å².